The normalized spacial score (nSPS) is 12.7. The number of ether oxygens (including phenoxy) is 1. The van der Waals surface area contributed by atoms with Gasteiger partial charge in [0.25, 0.3) is 10.0 Å². The molecule has 8 nitrogen and oxygen atoms in total. The SMILES string of the molecule is CC[C@@H](C)NC(=O)[C@H](CC)N(Cc1cccc(C)c1)C(=O)CN(c1ccc(OC)c(Cl)c1)S(=O)(=O)c1ccccc1. The van der Waals surface area contributed by atoms with E-state index in [-0.39, 0.29) is 34.1 Å². The molecule has 3 aromatic carbocycles. The highest BCUT2D eigenvalue weighted by Gasteiger charge is 2.34. The lowest BCUT2D eigenvalue weighted by molar-refractivity contribution is -0.140. The third-order valence-electron chi connectivity index (χ3n) is 6.86. The molecule has 0 aromatic heterocycles. The number of anilines is 1. The summed E-state index contributed by atoms with van der Waals surface area (Å²) in [7, 11) is -2.73. The molecule has 41 heavy (non-hydrogen) atoms. The van der Waals surface area contributed by atoms with Crippen LogP contribution in [0.1, 0.15) is 44.7 Å². The minimum absolute atomic E-state index is 0.0199. The molecule has 10 heteroatoms. The third-order valence-corrected chi connectivity index (χ3v) is 8.94. The van der Waals surface area contributed by atoms with Gasteiger partial charge in [-0.25, -0.2) is 8.42 Å². The molecular formula is C31H38ClN3O5S. The van der Waals surface area contributed by atoms with Gasteiger partial charge in [-0.3, -0.25) is 13.9 Å². The minimum atomic E-state index is -4.19. The fraction of sp³-hybridized carbons (Fsp3) is 0.355. The first-order valence-corrected chi connectivity index (χ1v) is 15.4. The number of sulfonamides is 1. The Kier molecular flexibility index (Phi) is 11.2. The molecule has 0 spiro atoms. The zero-order valence-electron chi connectivity index (χ0n) is 24.1. The van der Waals surface area contributed by atoms with Gasteiger partial charge in [0.05, 0.1) is 22.7 Å². The zero-order chi connectivity index (χ0) is 30.2. The van der Waals surface area contributed by atoms with Gasteiger partial charge in [0, 0.05) is 12.6 Å². The van der Waals surface area contributed by atoms with E-state index in [1.165, 1.54) is 36.3 Å². The lowest BCUT2D eigenvalue weighted by Gasteiger charge is -2.34. The first-order chi connectivity index (χ1) is 19.5. The number of carbonyl (C=O) groups is 2. The molecule has 0 aliphatic rings. The topological polar surface area (TPSA) is 96.0 Å². The maximum atomic E-state index is 14.1. The van der Waals surface area contributed by atoms with Crippen LogP contribution in [0.3, 0.4) is 0 Å². The molecule has 3 rings (SSSR count). The van der Waals surface area contributed by atoms with Crippen molar-refractivity contribution in [3.05, 3.63) is 88.9 Å². The predicted molar refractivity (Wildman–Crippen MR) is 163 cm³/mol. The molecule has 0 bridgehead atoms. The van der Waals surface area contributed by atoms with Gasteiger partial charge in [-0.1, -0.05) is 73.5 Å². The molecule has 2 amide bonds. The number of hydrogen-bond acceptors (Lipinski definition) is 5. The van der Waals surface area contributed by atoms with Gasteiger partial charge in [0.1, 0.15) is 18.3 Å². The van der Waals surface area contributed by atoms with Crippen LogP contribution in [0.5, 0.6) is 5.75 Å². The van der Waals surface area contributed by atoms with E-state index in [1.807, 2.05) is 52.0 Å². The number of carbonyl (C=O) groups excluding carboxylic acids is 2. The van der Waals surface area contributed by atoms with E-state index in [0.717, 1.165) is 21.9 Å². The first kappa shape index (κ1) is 32.0. The highest BCUT2D eigenvalue weighted by atomic mass is 35.5. The Labute approximate surface area is 248 Å². The number of benzene rings is 3. The Balaban J connectivity index is 2.08. The number of amides is 2. The van der Waals surface area contributed by atoms with E-state index < -0.39 is 28.5 Å². The predicted octanol–water partition coefficient (Wildman–Crippen LogP) is 5.57. The van der Waals surface area contributed by atoms with Gasteiger partial charge >= 0.3 is 0 Å². The Hall–Kier alpha value is -3.56. The van der Waals surface area contributed by atoms with Crippen LogP contribution in [0, 0.1) is 6.92 Å². The molecule has 3 aromatic rings. The quantitative estimate of drug-likeness (QED) is 0.277. The Morgan fingerprint density at radius 3 is 2.27 bits per heavy atom. The maximum Gasteiger partial charge on any atom is 0.264 e. The van der Waals surface area contributed by atoms with Crippen molar-refractivity contribution in [1.82, 2.24) is 10.2 Å². The van der Waals surface area contributed by atoms with Crippen LogP contribution < -0.4 is 14.4 Å². The van der Waals surface area contributed by atoms with Crippen LogP contribution in [0.25, 0.3) is 0 Å². The number of nitrogens with one attached hydrogen (secondary N) is 1. The summed E-state index contributed by atoms with van der Waals surface area (Å²) >= 11 is 6.37. The second-order valence-corrected chi connectivity index (χ2v) is 12.2. The molecule has 0 aliphatic carbocycles. The third kappa shape index (κ3) is 8.01. The molecular weight excluding hydrogens is 562 g/mol. The fourth-order valence-corrected chi connectivity index (χ4v) is 6.11. The summed E-state index contributed by atoms with van der Waals surface area (Å²) in [4.78, 5) is 29.0. The van der Waals surface area contributed by atoms with Crippen molar-refractivity contribution >= 4 is 39.1 Å². The largest absolute Gasteiger partial charge is 0.495 e. The van der Waals surface area contributed by atoms with E-state index in [1.54, 1.807) is 24.3 Å². The second kappa shape index (κ2) is 14.4. The van der Waals surface area contributed by atoms with Crippen molar-refractivity contribution in [3.63, 3.8) is 0 Å². The van der Waals surface area contributed by atoms with Crippen molar-refractivity contribution in [1.29, 1.82) is 0 Å². The summed E-state index contributed by atoms with van der Waals surface area (Å²) in [5.41, 5.74) is 2.03. The van der Waals surface area contributed by atoms with Crippen molar-refractivity contribution in [2.24, 2.45) is 0 Å². The van der Waals surface area contributed by atoms with Gasteiger partial charge < -0.3 is 15.0 Å². The van der Waals surface area contributed by atoms with Gasteiger partial charge in [0.15, 0.2) is 0 Å². The van der Waals surface area contributed by atoms with Crippen molar-refractivity contribution in [2.45, 2.75) is 64.1 Å². The van der Waals surface area contributed by atoms with E-state index in [0.29, 0.717) is 12.2 Å². The van der Waals surface area contributed by atoms with Crippen molar-refractivity contribution in [3.8, 4) is 5.75 Å². The minimum Gasteiger partial charge on any atom is -0.495 e. The molecule has 0 unspecified atom stereocenters. The highest BCUT2D eigenvalue weighted by molar-refractivity contribution is 7.92. The number of hydrogen-bond donors (Lipinski definition) is 1. The summed E-state index contributed by atoms with van der Waals surface area (Å²) in [6, 6.07) is 19.2. The smallest absolute Gasteiger partial charge is 0.264 e. The lowest BCUT2D eigenvalue weighted by Crippen LogP contribution is -2.53. The van der Waals surface area contributed by atoms with E-state index in [4.69, 9.17) is 16.3 Å². The number of methoxy groups -OCH3 is 1. The summed E-state index contributed by atoms with van der Waals surface area (Å²) in [5, 5.41) is 3.17. The second-order valence-electron chi connectivity index (χ2n) is 9.90. The average Bonchev–Trinajstić information content (AvgIpc) is 2.95. The van der Waals surface area contributed by atoms with Crippen LogP contribution in [0.2, 0.25) is 5.02 Å². The lowest BCUT2D eigenvalue weighted by atomic mass is 10.1. The van der Waals surface area contributed by atoms with Crippen LogP contribution in [-0.2, 0) is 26.2 Å². The Morgan fingerprint density at radius 2 is 1.68 bits per heavy atom. The summed E-state index contributed by atoms with van der Waals surface area (Å²) in [6.45, 7) is 7.24. The van der Waals surface area contributed by atoms with Gasteiger partial charge in [0.2, 0.25) is 11.8 Å². The summed E-state index contributed by atoms with van der Waals surface area (Å²) in [6.07, 6.45) is 1.08. The number of aryl methyl sites for hydroxylation is 1. The standard InChI is InChI=1S/C31H38ClN3O5S/c1-6-23(4)33-31(37)28(7-2)34(20-24-13-11-12-22(3)18-24)30(36)21-35(25-16-17-29(40-5)27(32)19-25)41(38,39)26-14-9-8-10-15-26/h8-19,23,28H,6-7,20-21H2,1-5H3,(H,33,37)/t23-,28+/m1/s1. The zero-order valence-corrected chi connectivity index (χ0v) is 25.7. The van der Waals surface area contributed by atoms with Gasteiger partial charge in [-0.05, 0) is 62.6 Å². The molecule has 0 saturated heterocycles. The number of rotatable bonds is 13. The van der Waals surface area contributed by atoms with Crippen molar-refractivity contribution in [2.75, 3.05) is 18.0 Å². The molecule has 0 radical (unpaired) electrons. The average molecular weight is 600 g/mol. The van der Waals surface area contributed by atoms with Crippen LogP contribution in [0.15, 0.2) is 77.7 Å². The van der Waals surface area contributed by atoms with Gasteiger partial charge in [-0.15, -0.1) is 0 Å². The van der Waals surface area contributed by atoms with Crippen LogP contribution in [-0.4, -0.2) is 50.9 Å². The molecule has 0 saturated carbocycles. The van der Waals surface area contributed by atoms with Crippen LogP contribution >= 0.6 is 11.6 Å². The van der Waals surface area contributed by atoms with E-state index >= 15 is 0 Å². The number of halogens is 1. The number of nitrogens with zero attached hydrogens (tertiary/aromatic N) is 2. The maximum absolute atomic E-state index is 14.1. The Bertz CT molecular complexity index is 1450. The first-order valence-electron chi connectivity index (χ1n) is 13.6. The molecule has 220 valence electrons. The monoisotopic (exact) mass is 599 g/mol. The molecule has 1 N–H and O–H groups in total. The molecule has 0 aliphatic heterocycles. The Morgan fingerprint density at radius 1 is 0.976 bits per heavy atom. The molecule has 0 fully saturated rings. The van der Waals surface area contributed by atoms with Crippen LogP contribution in [0.4, 0.5) is 5.69 Å². The summed E-state index contributed by atoms with van der Waals surface area (Å²) in [5.74, 6) is -0.440. The molecule has 2 atom stereocenters. The van der Waals surface area contributed by atoms with E-state index in [2.05, 4.69) is 5.32 Å². The fourth-order valence-electron chi connectivity index (χ4n) is 4.43. The highest BCUT2D eigenvalue weighted by Crippen LogP contribution is 2.32. The van der Waals surface area contributed by atoms with Gasteiger partial charge in [-0.2, -0.15) is 0 Å². The van der Waals surface area contributed by atoms with E-state index in [9.17, 15) is 18.0 Å². The molecule has 0 heterocycles. The summed E-state index contributed by atoms with van der Waals surface area (Å²) < 4.78 is 34.1. The van der Waals surface area contributed by atoms with Crippen molar-refractivity contribution < 1.29 is 22.7 Å².